The summed E-state index contributed by atoms with van der Waals surface area (Å²) in [4.78, 5) is 13.0. The Morgan fingerprint density at radius 2 is 1.60 bits per heavy atom. The van der Waals surface area contributed by atoms with E-state index >= 15 is 0 Å². The van der Waals surface area contributed by atoms with Gasteiger partial charge >= 0.3 is 5.97 Å². The Morgan fingerprint density at radius 3 is 2.28 bits per heavy atom. The molecule has 0 heterocycles. The van der Waals surface area contributed by atoms with Crippen LogP contribution in [0.25, 0.3) is 0 Å². The van der Waals surface area contributed by atoms with Gasteiger partial charge in [0.1, 0.15) is 0 Å². The molecule has 3 rings (SSSR count). The highest BCUT2D eigenvalue weighted by atomic mass is 16.4. The second kappa shape index (κ2) is 7.53. The predicted molar refractivity (Wildman–Crippen MR) is 102 cm³/mol. The molecule has 0 aliphatic carbocycles. The van der Waals surface area contributed by atoms with E-state index in [2.05, 4.69) is 40.5 Å². The maximum absolute atomic E-state index is 10.9. The zero-order chi connectivity index (χ0) is 17.6. The third kappa shape index (κ3) is 4.18. The fraction of sp³-hybridized carbons (Fsp3) is 0.0952. The summed E-state index contributed by atoms with van der Waals surface area (Å²) in [6.07, 6.45) is 0. The molecule has 0 radical (unpaired) electrons. The topological polar surface area (TPSA) is 52.6 Å². The van der Waals surface area contributed by atoms with Gasteiger partial charge in [0.2, 0.25) is 0 Å². The predicted octanol–water partition coefficient (Wildman–Crippen LogP) is 4.76. The van der Waals surface area contributed by atoms with E-state index in [1.54, 1.807) is 24.3 Å². The Hall–Kier alpha value is -3.27. The number of hydrogen-bond donors (Lipinski definition) is 2. The van der Waals surface area contributed by atoms with Gasteiger partial charge in [0.25, 0.3) is 0 Å². The molecule has 0 aliphatic heterocycles. The second-order valence-electron chi connectivity index (χ2n) is 5.80. The van der Waals surface area contributed by atoms with E-state index in [1.807, 2.05) is 31.3 Å². The third-order valence-corrected chi connectivity index (χ3v) is 4.07. The highest BCUT2D eigenvalue weighted by Crippen LogP contribution is 2.24. The first kappa shape index (κ1) is 16.6. The molecule has 2 N–H and O–H groups in total. The number of hydrogen-bond acceptors (Lipinski definition) is 3. The molecule has 0 saturated heterocycles. The lowest BCUT2D eigenvalue weighted by molar-refractivity contribution is 0.0697. The van der Waals surface area contributed by atoms with Gasteiger partial charge in [-0.05, 0) is 54.1 Å². The first-order valence-corrected chi connectivity index (χ1v) is 8.08. The molecule has 0 aromatic heterocycles. The number of para-hydroxylation sites is 1. The van der Waals surface area contributed by atoms with Crippen molar-refractivity contribution >= 4 is 23.0 Å². The van der Waals surface area contributed by atoms with Gasteiger partial charge in [-0.25, -0.2) is 4.79 Å². The number of anilines is 3. The van der Waals surface area contributed by atoms with Gasteiger partial charge in [-0.15, -0.1) is 0 Å². The van der Waals surface area contributed by atoms with Crippen LogP contribution in [0, 0.1) is 0 Å². The highest BCUT2D eigenvalue weighted by molar-refractivity contribution is 5.88. The molecule has 0 aliphatic rings. The molecule has 0 fully saturated rings. The SMILES string of the molecule is CN(c1ccccc1)c1cccc(CNc2ccc(C(=O)O)cc2)c1. The molecule has 0 saturated carbocycles. The Kier molecular flexibility index (Phi) is 5.00. The molecule has 126 valence electrons. The van der Waals surface area contributed by atoms with E-state index in [1.165, 1.54) is 0 Å². The number of nitrogens with zero attached hydrogens (tertiary/aromatic N) is 1. The fourth-order valence-corrected chi connectivity index (χ4v) is 2.61. The molecule has 4 heteroatoms. The molecule has 0 amide bonds. The minimum absolute atomic E-state index is 0.289. The highest BCUT2D eigenvalue weighted by Gasteiger charge is 2.05. The van der Waals surface area contributed by atoms with E-state index in [0.717, 1.165) is 22.6 Å². The number of carboxylic acids is 1. The smallest absolute Gasteiger partial charge is 0.335 e. The molecular formula is C21H20N2O2. The van der Waals surface area contributed by atoms with Crippen molar-refractivity contribution in [1.29, 1.82) is 0 Å². The fourth-order valence-electron chi connectivity index (χ4n) is 2.61. The third-order valence-electron chi connectivity index (χ3n) is 4.07. The van der Waals surface area contributed by atoms with E-state index in [9.17, 15) is 4.79 Å². The number of carboxylic acid groups (broad SMARTS) is 1. The van der Waals surface area contributed by atoms with Crippen LogP contribution in [0.1, 0.15) is 15.9 Å². The minimum Gasteiger partial charge on any atom is -0.478 e. The summed E-state index contributed by atoms with van der Waals surface area (Å²) in [7, 11) is 2.05. The second-order valence-corrected chi connectivity index (χ2v) is 5.80. The lowest BCUT2D eigenvalue weighted by atomic mass is 10.1. The molecule has 4 nitrogen and oxygen atoms in total. The van der Waals surface area contributed by atoms with Crippen molar-refractivity contribution in [3.05, 3.63) is 90.0 Å². The quantitative estimate of drug-likeness (QED) is 0.683. The van der Waals surface area contributed by atoms with Crippen LogP contribution in [0.5, 0.6) is 0 Å². The van der Waals surface area contributed by atoms with Crippen LogP contribution in [0.4, 0.5) is 17.1 Å². The van der Waals surface area contributed by atoms with Crippen molar-refractivity contribution in [3.63, 3.8) is 0 Å². The van der Waals surface area contributed by atoms with E-state index < -0.39 is 5.97 Å². The Labute approximate surface area is 147 Å². The standard InChI is InChI=1S/C21H20N2O2/c1-23(19-7-3-2-4-8-19)20-9-5-6-16(14-20)15-22-18-12-10-17(11-13-18)21(24)25/h2-14,22H,15H2,1H3,(H,24,25). The van der Waals surface area contributed by atoms with Crippen molar-refractivity contribution < 1.29 is 9.90 Å². The number of benzene rings is 3. The maximum atomic E-state index is 10.9. The van der Waals surface area contributed by atoms with Gasteiger partial charge in [0.05, 0.1) is 5.56 Å². The molecule has 0 atom stereocenters. The molecule has 0 spiro atoms. The van der Waals surface area contributed by atoms with Crippen molar-refractivity contribution in [1.82, 2.24) is 0 Å². The Balaban J connectivity index is 1.68. The van der Waals surface area contributed by atoms with Crippen molar-refractivity contribution in [2.45, 2.75) is 6.54 Å². The lowest BCUT2D eigenvalue weighted by Crippen LogP contribution is -2.10. The van der Waals surface area contributed by atoms with Gasteiger partial charge < -0.3 is 15.3 Å². The molecular weight excluding hydrogens is 312 g/mol. The van der Waals surface area contributed by atoms with Gasteiger partial charge in [0, 0.05) is 30.7 Å². The average molecular weight is 332 g/mol. The summed E-state index contributed by atoms with van der Waals surface area (Å²) in [6.45, 7) is 0.670. The molecule has 3 aromatic carbocycles. The van der Waals surface area contributed by atoms with Gasteiger partial charge in [-0.2, -0.15) is 0 Å². The van der Waals surface area contributed by atoms with Crippen molar-refractivity contribution in [2.75, 3.05) is 17.3 Å². The summed E-state index contributed by atoms with van der Waals surface area (Å²) in [6, 6.07) is 25.3. The Bertz CT molecular complexity index is 845. The van der Waals surface area contributed by atoms with Crippen LogP contribution in [0.2, 0.25) is 0 Å². The number of nitrogens with one attached hydrogen (secondary N) is 1. The van der Waals surface area contributed by atoms with E-state index in [0.29, 0.717) is 6.54 Å². The zero-order valence-corrected chi connectivity index (χ0v) is 14.0. The van der Waals surface area contributed by atoms with Crippen LogP contribution in [0.15, 0.2) is 78.9 Å². The van der Waals surface area contributed by atoms with Crippen molar-refractivity contribution in [2.24, 2.45) is 0 Å². The van der Waals surface area contributed by atoms with E-state index in [4.69, 9.17) is 5.11 Å². The van der Waals surface area contributed by atoms with E-state index in [-0.39, 0.29) is 5.56 Å². The average Bonchev–Trinajstić information content (AvgIpc) is 2.67. The first-order valence-electron chi connectivity index (χ1n) is 8.08. The molecule has 0 unspecified atom stereocenters. The van der Waals surface area contributed by atoms with Crippen LogP contribution in [-0.2, 0) is 6.54 Å². The van der Waals surface area contributed by atoms with Crippen molar-refractivity contribution in [3.8, 4) is 0 Å². The molecule has 0 bridgehead atoms. The van der Waals surface area contributed by atoms with Crippen LogP contribution in [-0.4, -0.2) is 18.1 Å². The first-order chi connectivity index (χ1) is 12.1. The molecule has 3 aromatic rings. The Morgan fingerprint density at radius 1 is 0.920 bits per heavy atom. The van der Waals surface area contributed by atoms with Crippen LogP contribution in [0.3, 0.4) is 0 Å². The van der Waals surface area contributed by atoms with Crippen LogP contribution >= 0.6 is 0 Å². The number of rotatable bonds is 6. The van der Waals surface area contributed by atoms with Crippen LogP contribution < -0.4 is 10.2 Å². The van der Waals surface area contributed by atoms with Gasteiger partial charge in [0.15, 0.2) is 0 Å². The number of carbonyl (C=O) groups is 1. The summed E-state index contributed by atoms with van der Waals surface area (Å²) in [5, 5.41) is 12.3. The van der Waals surface area contributed by atoms with Gasteiger partial charge in [-0.3, -0.25) is 0 Å². The zero-order valence-electron chi connectivity index (χ0n) is 14.0. The monoisotopic (exact) mass is 332 g/mol. The lowest BCUT2D eigenvalue weighted by Gasteiger charge is -2.20. The normalized spacial score (nSPS) is 10.3. The minimum atomic E-state index is -0.914. The number of aromatic carboxylic acids is 1. The maximum Gasteiger partial charge on any atom is 0.335 e. The summed E-state index contributed by atoms with van der Waals surface area (Å²) >= 11 is 0. The molecule has 25 heavy (non-hydrogen) atoms. The van der Waals surface area contributed by atoms with Gasteiger partial charge in [-0.1, -0.05) is 30.3 Å². The summed E-state index contributed by atoms with van der Waals surface area (Å²) in [5.74, 6) is -0.914. The largest absolute Gasteiger partial charge is 0.478 e. The summed E-state index contributed by atoms with van der Waals surface area (Å²) in [5.41, 5.74) is 4.59. The summed E-state index contributed by atoms with van der Waals surface area (Å²) < 4.78 is 0.